The van der Waals surface area contributed by atoms with Crippen LogP contribution in [0.15, 0.2) is 54.6 Å². The Morgan fingerprint density at radius 3 is 1.22 bits per heavy atom. The zero-order valence-corrected chi connectivity index (χ0v) is 62.4. The number of nitrogens with zero attached hydrogens (tertiary/aromatic N) is 1. The van der Waals surface area contributed by atoms with Crippen LogP contribution >= 0.6 is 0 Å². The van der Waals surface area contributed by atoms with Gasteiger partial charge >= 0.3 is 12.0 Å². The summed E-state index contributed by atoms with van der Waals surface area (Å²) in [6.45, 7) is 25.2. The molecule has 3 atom stereocenters. The highest BCUT2D eigenvalue weighted by molar-refractivity contribution is 7.91. The molecule has 0 aromatic heterocycles. The number of unbranched alkanes of at least 4 members (excludes halogenated alkanes) is 6. The van der Waals surface area contributed by atoms with Gasteiger partial charge in [0.05, 0.1) is 67.5 Å². The fourth-order valence-corrected chi connectivity index (χ4v) is 16.9. The highest BCUT2D eigenvalue weighted by Crippen LogP contribution is 2.42. The van der Waals surface area contributed by atoms with Crippen LogP contribution in [0.25, 0.3) is 0 Å². The minimum Gasteiger partial charge on any atom is -0.490 e. The molecule has 3 saturated carbocycles. The van der Waals surface area contributed by atoms with Gasteiger partial charge in [-0.15, -0.1) is 0 Å². The van der Waals surface area contributed by atoms with Gasteiger partial charge in [0.15, 0.2) is 64.2 Å². The molecule has 3 aromatic carbocycles. The van der Waals surface area contributed by atoms with Gasteiger partial charge in [0.25, 0.3) is 0 Å². The summed E-state index contributed by atoms with van der Waals surface area (Å²) >= 11 is 0. The number of sulfone groups is 3. The van der Waals surface area contributed by atoms with Crippen molar-refractivity contribution in [3.8, 4) is 17.2 Å². The zero-order chi connectivity index (χ0) is 73.1. The molecule has 4 N–H and O–H groups in total. The number of ether oxygens (including phenoxy) is 4. The van der Waals surface area contributed by atoms with E-state index in [4.69, 9.17) is 19.9 Å². The van der Waals surface area contributed by atoms with Gasteiger partial charge in [-0.2, -0.15) is 0 Å². The fraction of sp³-hybridized carbons (Fsp3) is 0.685. The predicted molar refractivity (Wildman–Crippen MR) is 378 cm³/mol. The van der Waals surface area contributed by atoms with Crippen molar-refractivity contribution < 1.29 is 81.3 Å². The second kappa shape index (κ2) is 40.1. The van der Waals surface area contributed by atoms with Gasteiger partial charge in [0.1, 0.15) is 12.3 Å². The van der Waals surface area contributed by atoms with E-state index in [0.29, 0.717) is 95.9 Å². The topological polar surface area (TPSA) is 278 Å². The number of amides is 3. The molecule has 1 saturated heterocycles. The maximum atomic E-state index is 14.2. The third-order valence-corrected chi connectivity index (χ3v) is 22.7. The Morgan fingerprint density at radius 1 is 0.582 bits per heavy atom. The van der Waals surface area contributed by atoms with Gasteiger partial charge in [0.2, 0.25) is 12.2 Å². The molecule has 0 radical (unpaired) electrons. The molecule has 7 rings (SSSR count). The number of carbonyl (C=O) groups is 5. The van der Waals surface area contributed by atoms with Gasteiger partial charge in [0, 0.05) is 24.3 Å². The van der Waals surface area contributed by atoms with Crippen molar-refractivity contribution in [2.45, 2.75) is 190 Å². The number of ketones is 1. The van der Waals surface area contributed by atoms with E-state index in [0.717, 1.165) is 80.9 Å². The molecule has 4 aliphatic rings. The molecular weight excluding hydrogens is 1330 g/mol. The van der Waals surface area contributed by atoms with E-state index in [1.807, 2.05) is 62.3 Å². The summed E-state index contributed by atoms with van der Waals surface area (Å²) in [7, 11) is -9.82. The molecule has 0 bridgehead atoms. The Bertz CT molecular complexity index is 3380. The number of carbonyl (C=O) groups excluding carboxylic acids is 5. The van der Waals surface area contributed by atoms with E-state index >= 15 is 0 Å². The highest BCUT2D eigenvalue weighted by Gasteiger charge is 2.36. The number of Topliss-reactive ketones (excluding diaryl/α,β-unsaturated/α-hetero) is 1. The molecule has 1 aliphatic heterocycles. The minimum atomic E-state index is -3.35. The Hall–Kier alpha value is -5.63. The summed E-state index contributed by atoms with van der Waals surface area (Å²) in [6.07, 6.45) is 13.2. The molecule has 3 unspecified atom stereocenters. The lowest BCUT2D eigenvalue weighted by molar-refractivity contribution is -0.148. The SMILES string of the molecule is CC(=O)CNCCCCCS(=O)(=O)CC(c1ccc(F)c(OCC2CC2)c1)C(C)(C)C.CC(C)(C)C(CS(=O)(=O)CCCCCN)c1ccc(F)c(OCC2CC2)c1.CC(C)(C)C(CS(=O)(=O)CCCCCN1CC(=O)NC1=O)c1ccc(F)c(OCC2CC2)c1.CCOC(=O)C=O. The number of esters is 1. The van der Waals surface area contributed by atoms with E-state index in [-0.39, 0.29) is 123 Å². The summed E-state index contributed by atoms with van der Waals surface area (Å²) < 4.78 is 141. The summed E-state index contributed by atoms with van der Waals surface area (Å²) in [5, 5.41) is 5.27. The molecule has 4 fully saturated rings. The minimum absolute atomic E-state index is 0.0206. The highest BCUT2D eigenvalue weighted by atomic mass is 32.2. The Morgan fingerprint density at radius 2 is 0.939 bits per heavy atom. The average molecular weight is 1440 g/mol. The van der Waals surface area contributed by atoms with E-state index in [1.54, 1.807) is 43.3 Å². The van der Waals surface area contributed by atoms with Crippen LogP contribution in [-0.4, -0.2) is 154 Å². The average Bonchev–Trinajstić information content (AvgIpc) is 1.23. The molecule has 0 spiro atoms. The Labute approximate surface area is 582 Å². The number of halogens is 3. The van der Waals surface area contributed by atoms with Crippen molar-refractivity contribution in [3.63, 3.8) is 0 Å². The van der Waals surface area contributed by atoms with Crippen LogP contribution < -0.4 is 30.6 Å². The number of urea groups is 1. The summed E-state index contributed by atoms with van der Waals surface area (Å²) in [5.74, 6) is -0.402. The lowest BCUT2D eigenvalue weighted by Crippen LogP contribution is -2.29. The number of hydrogen-bond donors (Lipinski definition) is 3. The third-order valence-electron chi connectivity index (χ3n) is 17.5. The van der Waals surface area contributed by atoms with Crippen LogP contribution in [-0.2, 0) is 53.4 Å². The van der Waals surface area contributed by atoms with Crippen LogP contribution in [0, 0.1) is 51.5 Å². The Kier molecular flexibility index (Phi) is 34.7. The zero-order valence-electron chi connectivity index (χ0n) is 60.0. The number of rotatable bonds is 39. The molecule has 3 aromatic rings. The number of imide groups is 1. The van der Waals surface area contributed by atoms with Crippen molar-refractivity contribution in [1.29, 1.82) is 0 Å². The van der Waals surface area contributed by atoms with Gasteiger partial charge in [-0.25, -0.2) is 48.0 Å². The number of benzene rings is 3. The first-order chi connectivity index (χ1) is 45.8. The van der Waals surface area contributed by atoms with E-state index < -0.39 is 52.9 Å². The number of hydrogen-bond acceptors (Lipinski definition) is 17. The lowest BCUT2D eigenvalue weighted by Gasteiger charge is -2.31. The molecule has 3 amide bonds. The smallest absolute Gasteiger partial charge is 0.371 e. The first kappa shape index (κ1) is 84.8. The van der Waals surface area contributed by atoms with Crippen LogP contribution in [0.1, 0.15) is 207 Å². The summed E-state index contributed by atoms with van der Waals surface area (Å²) in [5.41, 5.74) is 6.96. The second-order valence-electron chi connectivity index (χ2n) is 29.9. The lowest BCUT2D eigenvalue weighted by atomic mass is 9.77. The first-order valence-electron chi connectivity index (χ1n) is 34.8. The van der Waals surface area contributed by atoms with Crippen LogP contribution in [0.5, 0.6) is 17.2 Å². The van der Waals surface area contributed by atoms with E-state index in [1.165, 1.54) is 30.0 Å². The fourth-order valence-electron chi connectivity index (χ4n) is 10.9. The molecule has 554 valence electrons. The van der Waals surface area contributed by atoms with Gasteiger partial charge < -0.3 is 34.9 Å². The molecule has 98 heavy (non-hydrogen) atoms. The Balaban J connectivity index is 0.000000298. The maximum Gasteiger partial charge on any atom is 0.371 e. The summed E-state index contributed by atoms with van der Waals surface area (Å²) in [4.78, 5) is 54.3. The van der Waals surface area contributed by atoms with Crippen molar-refractivity contribution >= 4 is 59.5 Å². The normalized spacial score (nSPS) is 16.0. The van der Waals surface area contributed by atoms with Crippen molar-refractivity contribution in [1.82, 2.24) is 15.5 Å². The van der Waals surface area contributed by atoms with Gasteiger partial charge in [-0.05, 0) is 191 Å². The van der Waals surface area contributed by atoms with Crippen molar-refractivity contribution in [2.75, 3.05) is 93.7 Å². The van der Waals surface area contributed by atoms with Crippen LogP contribution in [0.2, 0.25) is 0 Å². The molecule has 3 aliphatic carbocycles. The first-order valence-corrected chi connectivity index (χ1v) is 40.3. The third kappa shape index (κ3) is 33.7. The number of nitrogens with two attached hydrogens (primary N) is 1. The number of nitrogens with one attached hydrogen (secondary N) is 2. The molecule has 25 heteroatoms. The monoisotopic (exact) mass is 1440 g/mol. The predicted octanol–water partition coefficient (Wildman–Crippen LogP) is 12.4. The second-order valence-corrected chi connectivity index (χ2v) is 36.6. The van der Waals surface area contributed by atoms with Gasteiger partial charge in [-0.3, -0.25) is 19.7 Å². The van der Waals surface area contributed by atoms with E-state index in [9.17, 15) is 62.4 Å². The van der Waals surface area contributed by atoms with E-state index in [2.05, 4.69) is 15.4 Å². The standard InChI is InChI=1S/C24H35FN2O5S.C24H38FNO4S.C21H34FNO3S.C4H6O3/c1-24(2,3)19(18-9-10-20(25)21(13-18)32-15-17-7-8-17)16-33(30,31)12-6-4-5-11-27-14-22(28)26-23(27)29;1-18(27)15-26-12-6-5-7-13-31(28,29)17-21(24(2,3)4)20-10-11-22(25)23(14-20)30-16-19-8-9-19;1-21(2,3)18(15-27(24,25)12-6-4-5-11-23)17-9-10-19(22)20(13-17)26-14-16-7-8-16;1-2-7-4(6)3-5/h9-10,13,17,19H,4-8,11-12,14-16H2,1-3H3,(H,26,28,29);10-11,14,19,21,26H,5-9,12-13,15-17H2,1-4H3;9-10,13,16,18H,4-8,11-12,14-15,23H2,1-3H3;3H,2H2,1H3. The van der Waals surface area contributed by atoms with Crippen LogP contribution in [0.4, 0.5) is 18.0 Å². The van der Waals surface area contributed by atoms with Gasteiger partial charge in [-0.1, -0.05) is 99.8 Å². The van der Waals surface area contributed by atoms with Crippen molar-refractivity contribution in [3.05, 3.63) is 88.7 Å². The molecule has 19 nitrogen and oxygen atoms in total. The summed E-state index contributed by atoms with van der Waals surface area (Å²) in [6, 6.07) is 13.8. The largest absolute Gasteiger partial charge is 0.490 e. The van der Waals surface area contributed by atoms with Crippen LogP contribution in [0.3, 0.4) is 0 Å². The molecule has 1 heterocycles. The quantitative estimate of drug-likeness (QED) is 0.0157. The molecular formula is C73H113F3N4O15S3. The maximum absolute atomic E-state index is 14.2. The number of aldehydes is 1. The van der Waals surface area contributed by atoms with Crippen molar-refractivity contribution in [2.24, 2.45) is 39.7 Å².